The number of halogens is 1. The minimum absolute atomic E-state index is 0.163. The molecule has 1 N–H and O–H groups in total. The molecular formula is C17H16FN3O. The number of amides is 1. The van der Waals surface area contributed by atoms with Crippen molar-refractivity contribution >= 4 is 11.6 Å². The van der Waals surface area contributed by atoms with Gasteiger partial charge in [-0.15, -0.1) is 0 Å². The van der Waals surface area contributed by atoms with Crippen LogP contribution in [0.1, 0.15) is 49.4 Å². The molecule has 2 aromatic heterocycles. The smallest absolute Gasteiger partial charge is 0.233 e. The molecule has 1 unspecified atom stereocenters. The van der Waals surface area contributed by atoms with Gasteiger partial charge in [-0.1, -0.05) is 12.5 Å². The number of aromatic nitrogens is 2. The van der Waals surface area contributed by atoms with Gasteiger partial charge in [0.15, 0.2) is 0 Å². The number of nitrogens with zero attached hydrogens (tertiary/aromatic N) is 2. The second-order valence-electron chi connectivity index (χ2n) is 6.04. The lowest BCUT2D eigenvalue weighted by Crippen LogP contribution is -2.18. The lowest BCUT2D eigenvalue weighted by Gasteiger charge is -2.25. The number of rotatable bonds is 1. The van der Waals surface area contributed by atoms with Crippen molar-refractivity contribution in [2.24, 2.45) is 0 Å². The van der Waals surface area contributed by atoms with Gasteiger partial charge in [-0.05, 0) is 31.9 Å². The zero-order valence-electron chi connectivity index (χ0n) is 12.3. The highest BCUT2D eigenvalue weighted by atomic mass is 19.1. The molecule has 4 nitrogen and oxygen atoms in total. The van der Waals surface area contributed by atoms with E-state index < -0.39 is 11.9 Å². The third-order valence-corrected chi connectivity index (χ3v) is 4.69. The Balaban J connectivity index is 1.94. The summed E-state index contributed by atoms with van der Waals surface area (Å²) in [5, 5.41) is 2.84. The van der Waals surface area contributed by atoms with E-state index in [2.05, 4.69) is 15.3 Å². The summed E-state index contributed by atoms with van der Waals surface area (Å²) in [5.74, 6) is -0.798. The maximum Gasteiger partial charge on any atom is 0.233 e. The first kappa shape index (κ1) is 13.4. The van der Waals surface area contributed by atoms with Crippen molar-refractivity contribution in [3.8, 4) is 11.1 Å². The molecular weight excluding hydrogens is 281 g/mol. The number of nitrogens with one attached hydrogen (secondary N) is 1. The number of anilines is 1. The summed E-state index contributed by atoms with van der Waals surface area (Å²) in [6.07, 6.45) is 4.85. The molecule has 0 spiro atoms. The van der Waals surface area contributed by atoms with Gasteiger partial charge in [-0.25, -0.2) is 4.98 Å². The lowest BCUT2D eigenvalue weighted by molar-refractivity contribution is -0.117. The third kappa shape index (κ3) is 1.92. The zero-order chi connectivity index (χ0) is 15.3. The van der Waals surface area contributed by atoms with E-state index in [1.54, 1.807) is 25.3 Å². The number of hydrogen-bond donors (Lipinski definition) is 1. The van der Waals surface area contributed by atoms with Crippen LogP contribution in [-0.2, 0) is 4.79 Å². The first-order chi connectivity index (χ1) is 10.6. The number of pyridine rings is 2. The van der Waals surface area contributed by atoms with E-state index in [0.717, 1.165) is 25.0 Å². The Labute approximate surface area is 127 Å². The van der Waals surface area contributed by atoms with Gasteiger partial charge in [-0.3, -0.25) is 9.78 Å². The fourth-order valence-corrected chi connectivity index (χ4v) is 3.14. The minimum Gasteiger partial charge on any atom is -0.325 e. The maximum absolute atomic E-state index is 14.7. The Morgan fingerprint density at radius 3 is 2.91 bits per heavy atom. The first-order valence-corrected chi connectivity index (χ1v) is 7.61. The van der Waals surface area contributed by atoms with Crippen LogP contribution in [0.2, 0.25) is 0 Å². The molecule has 0 radical (unpaired) electrons. The topological polar surface area (TPSA) is 54.9 Å². The molecule has 112 valence electrons. The molecule has 2 aliphatic rings. The van der Waals surface area contributed by atoms with Crippen LogP contribution < -0.4 is 5.32 Å². The van der Waals surface area contributed by atoms with E-state index in [-0.39, 0.29) is 5.91 Å². The Hall–Kier alpha value is -2.30. The molecule has 1 fully saturated rings. The quantitative estimate of drug-likeness (QED) is 0.818. The van der Waals surface area contributed by atoms with E-state index >= 15 is 0 Å². The van der Waals surface area contributed by atoms with Crippen LogP contribution in [0.25, 0.3) is 11.1 Å². The van der Waals surface area contributed by atoms with Crippen LogP contribution in [0.3, 0.4) is 0 Å². The Morgan fingerprint density at radius 1 is 1.36 bits per heavy atom. The molecule has 0 saturated heterocycles. The number of hydrogen-bond acceptors (Lipinski definition) is 3. The van der Waals surface area contributed by atoms with Gasteiger partial charge in [0, 0.05) is 23.4 Å². The average Bonchev–Trinajstić information content (AvgIpc) is 2.54. The number of fused-ring (bicyclic) bond motifs is 3. The summed E-state index contributed by atoms with van der Waals surface area (Å²) >= 11 is 0. The van der Waals surface area contributed by atoms with Crippen LogP contribution in [0.5, 0.6) is 0 Å². The predicted octanol–water partition coefficient (Wildman–Crippen LogP) is 3.61. The molecule has 1 atom stereocenters. The summed E-state index contributed by atoms with van der Waals surface area (Å²) in [6.45, 7) is 1.78. The molecule has 5 heteroatoms. The normalized spacial score (nSPS) is 20.5. The molecule has 4 rings (SSSR count). The minimum atomic E-state index is -0.525. The van der Waals surface area contributed by atoms with Crippen molar-refractivity contribution in [1.82, 2.24) is 9.97 Å². The van der Waals surface area contributed by atoms with Gasteiger partial charge in [-0.2, -0.15) is 4.39 Å². The lowest BCUT2D eigenvalue weighted by atomic mass is 9.82. The maximum atomic E-state index is 14.7. The summed E-state index contributed by atoms with van der Waals surface area (Å²) in [5.41, 5.74) is 2.84. The molecule has 1 amide bonds. The van der Waals surface area contributed by atoms with Gasteiger partial charge in [0.1, 0.15) is 0 Å². The van der Waals surface area contributed by atoms with Crippen LogP contribution in [0.4, 0.5) is 10.1 Å². The SMILES string of the molecule is CC1C(=O)Nc2cc(C3CCC3)nc(F)c2-c2cccnc21. The second-order valence-corrected chi connectivity index (χ2v) is 6.04. The summed E-state index contributed by atoms with van der Waals surface area (Å²) in [4.78, 5) is 20.8. The fraction of sp³-hybridized carbons (Fsp3) is 0.353. The largest absolute Gasteiger partial charge is 0.325 e. The summed E-state index contributed by atoms with van der Waals surface area (Å²) in [6, 6.07) is 5.38. The van der Waals surface area contributed by atoms with Crippen LogP contribution >= 0.6 is 0 Å². The number of carbonyl (C=O) groups excluding carboxylic acids is 1. The summed E-state index contributed by atoms with van der Waals surface area (Å²) in [7, 11) is 0. The van der Waals surface area contributed by atoms with Crippen molar-refractivity contribution in [3.05, 3.63) is 41.7 Å². The van der Waals surface area contributed by atoms with Crippen LogP contribution in [0, 0.1) is 5.95 Å². The third-order valence-electron chi connectivity index (χ3n) is 4.69. The van der Waals surface area contributed by atoms with Gasteiger partial charge in [0.05, 0.1) is 22.9 Å². The summed E-state index contributed by atoms with van der Waals surface area (Å²) < 4.78 is 14.7. The fourth-order valence-electron chi connectivity index (χ4n) is 3.14. The highest BCUT2D eigenvalue weighted by Crippen LogP contribution is 2.42. The van der Waals surface area contributed by atoms with Crippen LogP contribution in [0.15, 0.2) is 24.4 Å². The molecule has 1 aliphatic carbocycles. The van der Waals surface area contributed by atoms with E-state index in [1.165, 1.54) is 0 Å². The second kappa shape index (κ2) is 4.87. The molecule has 1 aliphatic heterocycles. The standard InChI is InChI=1S/C17H16FN3O/c1-9-15-11(6-3-7-19-15)14-13(21-17(9)22)8-12(20-16(14)18)10-4-2-5-10/h3,6-10H,2,4-5H2,1H3,(H,21,22). The Morgan fingerprint density at radius 2 is 2.18 bits per heavy atom. The van der Waals surface area contributed by atoms with E-state index in [4.69, 9.17) is 0 Å². The molecule has 22 heavy (non-hydrogen) atoms. The van der Waals surface area contributed by atoms with E-state index in [1.807, 2.05) is 6.07 Å². The van der Waals surface area contributed by atoms with Crippen molar-refractivity contribution in [1.29, 1.82) is 0 Å². The molecule has 0 bridgehead atoms. The van der Waals surface area contributed by atoms with Gasteiger partial charge >= 0.3 is 0 Å². The van der Waals surface area contributed by atoms with Crippen molar-refractivity contribution in [2.45, 2.75) is 38.0 Å². The first-order valence-electron chi connectivity index (χ1n) is 7.61. The van der Waals surface area contributed by atoms with E-state index in [9.17, 15) is 9.18 Å². The number of carbonyl (C=O) groups is 1. The highest BCUT2D eigenvalue weighted by Gasteiger charge is 2.31. The molecule has 2 aromatic rings. The van der Waals surface area contributed by atoms with Crippen molar-refractivity contribution in [2.75, 3.05) is 5.32 Å². The predicted molar refractivity (Wildman–Crippen MR) is 81.1 cm³/mol. The highest BCUT2D eigenvalue weighted by molar-refractivity contribution is 6.02. The Bertz CT molecular complexity index is 770. The Kier molecular flexibility index (Phi) is 2.96. The zero-order valence-corrected chi connectivity index (χ0v) is 12.3. The van der Waals surface area contributed by atoms with Crippen molar-refractivity contribution in [3.63, 3.8) is 0 Å². The molecule has 0 aromatic carbocycles. The monoisotopic (exact) mass is 297 g/mol. The van der Waals surface area contributed by atoms with E-state index in [0.29, 0.717) is 28.4 Å². The van der Waals surface area contributed by atoms with Gasteiger partial charge in [0.25, 0.3) is 0 Å². The van der Waals surface area contributed by atoms with Gasteiger partial charge in [0.2, 0.25) is 11.9 Å². The average molecular weight is 297 g/mol. The van der Waals surface area contributed by atoms with Crippen LogP contribution in [-0.4, -0.2) is 15.9 Å². The molecule has 1 saturated carbocycles. The van der Waals surface area contributed by atoms with Gasteiger partial charge < -0.3 is 5.32 Å². The van der Waals surface area contributed by atoms with Crippen molar-refractivity contribution < 1.29 is 9.18 Å². The molecule has 3 heterocycles.